The molecule has 3 heterocycles. The molecular weight excluding hydrogens is 428 g/mol. The Morgan fingerprint density at radius 1 is 1.28 bits per heavy atom. The van der Waals surface area contributed by atoms with Gasteiger partial charge in [-0.05, 0) is 63.3 Å². The maximum absolute atomic E-state index is 12.8. The molecule has 2 aliphatic heterocycles. The van der Waals surface area contributed by atoms with Gasteiger partial charge >= 0.3 is 6.09 Å². The first-order valence-electron chi connectivity index (χ1n) is 11.2. The fourth-order valence-electron chi connectivity index (χ4n) is 5.45. The van der Waals surface area contributed by atoms with Crippen LogP contribution in [0, 0.1) is 0 Å². The Morgan fingerprint density at radius 2 is 2.06 bits per heavy atom. The number of anilines is 2. The van der Waals surface area contributed by atoms with Crippen molar-refractivity contribution in [3.63, 3.8) is 0 Å². The van der Waals surface area contributed by atoms with Gasteiger partial charge in [0.25, 0.3) is 0 Å². The highest BCUT2D eigenvalue weighted by Gasteiger charge is 2.50. The number of ether oxygens (including phenoxy) is 1. The molecule has 1 aliphatic carbocycles. The predicted molar refractivity (Wildman–Crippen MR) is 123 cm³/mol. The number of aromatic nitrogens is 2. The zero-order valence-electron chi connectivity index (χ0n) is 18.9. The quantitative estimate of drug-likeness (QED) is 0.670. The molecule has 1 spiro atoms. The van der Waals surface area contributed by atoms with Crippen molar-refractivity contribution in [1.29, 1.82) is 0 Å². The Bertz CT molecular complexity index is 1090. The number of rotatable bonds is 1. The smallest absolute Gasteiger partial charge is 0.410 e. The first-order valence-corrected chi connectivity index (χ1v) is 11.5. The van der Waals surface area contributed by atoms with Crippen LogP contribution in [-0.2, 0) is 10.2 Å². The van der Waals surface area contributed by atoms with E-state index >= 15 is 0 Å². The van der Waals surface area contributed by atoms with E-state index in [1.165, 1.54) is 6.33 Å². The second-order valence-electron chi connectivity index (χ2n) is 10.3. The van der Waals surface area contributed by atoms with E-state index in [9.17, 15) is 9.90 Å². The average molecular weight is 457 g/mol. The van der Waals surface area contributed by atoms with E-state index in [0.29, 0.717) is 31.1 Å². The largest absolute Gasteiger partial charge is 0.444 e. The highest BCUT2D eigenvalue weighted by Crippen LogP contribution is 2.52. The molecule has 7 nitrogen and oxygen atoms in total. The summed E-state index contributed by atoms with van der Waals surface area (Å²) in [6.07, 6.45) is 2.17. The van der Waals surface area contributed by atoms with E-state index in [0.717, 1.165) is 34.7 Å². The van der Waals surface area contributed by atoms with Gasteiger partial charge in [0.15, 0.2) is 0 Å². The fourth-order valence-corrected chi connectivity index (χ4v) is 5.62. The van der Waals surface area contributed by atoms with Crippen LogP contribution in [0.3, 0.4) is 0 Å². The van der Waals surface area contributed by atoms with E-state index in [4.69, 9.17) is 16.3 Å². The predicted octanol–water partition coefficient (Wildman–Crippen LogP) is 4.70. The van der Waals surface area contributed by atoms with E-state index in [1.54, 1.807) is 4.90 Å². The fraction of sp³-hybridized carbons (Fsp3) is 0.542. The number of aliphatic hydroxyl groups excluding tert-OH is 1. The van der Waals surface area contributed by atoms with Crippen LogP contribution >= 0.6 is 11.6 Å². The summed E-state index contributed by atoms with van der Waals surface area (Å²) in [4.78, 5) is 25.8. The van der Waals surface area contributed by atoms with Crippen LogP contribution in [0.15, 0.2) is 24.5 Å². The lowest BCUT2D eigenvalue weighted by Gasteiger charge is -2.28. The number of fused-ring (bicyclic) bond motifs is 3. The number of likely N-dealkylation sites (tertiary alicyclic amines) is 1. The number of carbonyl (C=O) groups excluding carboxylic acids is 1. The normalized spacial score (nSPS) is 26.6. The third-order valence-electron chi connectivity index (χ3n) is 6.82. The SMILES string of the molecule is C[C@@H]1C[C@@H](O)c2ncnc(N3CC4(CCN(C(=O)OC(C)(C)C)C4)c4cc(Cl)ccc43)c21. The van der Waals surface area contributed by atoms with Crippen molar-refractivity contribution < 1.29 is 14.6 Å². The Morgan fingerprint density at radius 3 is 2.81 bits per heavy atom. The average Bonchev–Trinajstić information content (AvgIpc) is 3.37. The monoisotopic (exact) mass is 456 g/mol. The first kappa shape index (κ1) is 21.5. The second-order valence-corrected chi connectivity index (χ2v) is 10.8. The minimum Gasteiger partial charge on any atom is -0.444 e. The molecule has 0 saturated carbocycles. The summed E-state index contributed by atoms with van der Waals surface area (Å²) in [6, 6.07) is 5.95. The van der Waals surface area contributed by atoms with Crippen molar-refractivity contribution in [2.75, 3.05) is 24.5 Å². The van der Waals surface area contributed by atoms with Crippen LogP contribution in [0.1, 0.15) is 69.4 Å². The summed E-state index contributed by atoms with van der Waals surface area (Å²) in [7, 11) is 0. The number of hydrogen-bond acceptors (Lipinski definition) is 6. The number of benzene rings is 1. The molecule has 32 heavy (non-hydrogen) atoms. The molecule has 1 aromatic heterocycles. The molecule has 1 amide bonds. The Balaban J connectivity index is 1.53. The van der Waals surface area contributed by atoms with Crippen LogP contribution in [0.5, 0.6) is 0 Å². The first-order chi connectivity index (χ1) is 15.1. The van der Waals surface area contributed by atoms with E-state index in [-0.39, 0.29) is 17.4 Å². The molecule has 1 fully saturated rings. The molecular formula is C24H29ClN4O3. The highest BCUT2D eigenvalue weighted by molar-refractivity contribution is 6.30. The minimum atomic E-state index is -0.558. The lowest BCUT2D eigenvalue weighted by molar-refractivity contribution is 0.0285. The van der Waals surface area contributed by atoms with Gasteiger partial charge in [0, 0.05) is 41.3 Å². The van der Waals surface area contributed by atoms with Crippen LogP contribution < -0.4 is 4.90 Å². The van der Waals surface area contributed by atoms with Crippen molar-refractivity contribution in [3.05, 3.63) is 46.4 Å². The Hall–Kier alpha value is -2.38. The molecule has 1 unspecified atom stereocenters. The number of amides is 1. The summed E-state index contributed by atoms with van der Waals surface area (Å²) in [5.74, 6) is 1.01. The number of halogens is 1. The Labute approximate surface area is 193 Å². The molecule has 1 N–H and O–H groups in total. The zero-order chi connectivity index (χ0) is 22.8. The lowest BCUT2D eigenvalue weighted by atomic mass is 9.81. The topological polar surface area (TPSA) is 78.8 Å². The van der Waals surface area contributed by atoms with Crippen molar-refractivity contribution in [3.8, 4) is 0 Å². The summed E-state index contributed by atoms with van der Waals surface area (Å²) < 4.78 is 5.63. The van der Waals surface area contributed by atoms with Crippen molar-refractivity contribution in [2.24, 2.45) is 0 Å². The third kappa shape index (κ3) is 3.42. The van der Waals surface area contributed by atoms with Gasteiger partial charge in [-0.1, -0.05) is 18.5 Å². The van der Waals surface area contributed by atoms with Gasteiger partial charge in [-0.2, -0.15) is 0 Å². The number of nitrogens with zero attached hydrogens (tertiary/aromatic N) is 4. The number of aliphatic hydroxyl groups is 1. The van der Waals surface area contributed by atoms with Crippen LogP contribution in [0.25, 0.3) is 0 Å². The summed E-state index contributed by atoms with van der Waals surface area (Å²) >= 11 is 6.42. The molecule has 8 heteroatoms. The molecule has 1 aromatic carbocycles. The minimum absolute atomic E-state index is 0.172. The summed E-state index contributed by atoms with van der Waals surface area (Å²) in [6.45, 7) is 9.64. The van der Waals surface area contributed by atoms with Crippen LogP contribution in [0.4, 0.5) is 16.3 Å². The molecule has 170 valence electrons. The van der Waals surface area contributed by atoms with Crippen LogP contribution in [0.2, 0.25) is 5.02 Å². The maximum Gasteiger partial charge on any atom is 0.410 e. The summed E-state index contributed by atoms with van der Waals surface area (Å²) in [5, 5.41) is 11.1. The van der Waals surface area contributed by atoms with E-state index in [2.05, 4.69) is 21.8 Å². The molecule has 3 aliphatic rings. The van der Waals surface area contributed by atoms with E-state index < -0.39 is 11.7 Å². The molecule has 2 aromatic rings. The lowest BCUT2D eigenvalue weighted by Crippen LogP contribution is -2.39. The van der Waals surface area contributed by atoms with Crippen molar-refractivity contribution >= 4 is 29.2 Å². The maximum atomic E-state index is 12.8. The van der Waals surface area contributed by atoms with Gasteiger partial charge in [0.05, 0.1) is 11.8 Å². The molecule has 5 rings (SSSR count). The standard InChI is InChI=1S/C24H29ClN4O3/c1-14-9-18(30)20-19(14)21(27-13-26-20)29-12-24(16-10-15(25)5-6-17(16)29)7-8-28(11-24)22(31)32-23(2,3)4/h5-6,10,13-14,18,30H,7-9,11-12H2,1-4H3/t14-,18-,24?/m1/s1. The van der Waals surface area contributed by atoms with Crippen molar-refractivity contribution in [2.45, 2.75) is 63.6 Å². The molecule has 3 atom stereocenters. The van der Waals surface area contributed by atoms with Crippen molar-refractivity contribution in [1.82, 2.24) is 14.9 Å². The highest BCUT2D eigenvalue weighted by atomic mass is 35.5. The number of carbonyl (C=O) groups is 1. The van der Waals surface area contributed by atoms with Gasteiger partial charge in [-0.25, -0.2) is 14.8 Å². The zero-order valence-corrected chi connectivity index (χ0v) is 19.7. The summed E-state index contributed by atoms with van der Waals surface area (Å²) in [5.41, 5.74) is 3.13. The van der Waals surface area contributed by atoms with Crippen LogP contribution in [-0.4, -0.2) is 51.3 Å². The van der Waals surface area contributed by atoms with Gasteiger partial charge in [-0.3, -0.25) is 0 Å². The van der Waals surface area contributed by atoms with Gasteiger partial charge in [0.1, 0.15) is 17.7 Å². The molecule has 1 saturated heterocycles. The molecule has 0 radical (unpaired) electrons. The van der Waals surface area contributed by atoms with Gasteiger partial charge < -0.3 is 19.6 Å². The van der Waals surface area contributed by atoms with Gasteiger partial charge in [0.2, 0.25) is 0 Å². The molecule has 0 bridgehead atoms. The van der Waals surface area contributed by atoms with Gasteiger partial charge in [-0.15, -0.1) is 0 Å². The third-order valence-corrected chi connectivity index (χ3v) is 7.06. The number of hydrogen-bond donors (Lipinski definition) is 1. The van der Waals surface area contributed by atoms with E-state index in [1.807, 2.05) is 39.0 Å². The Kier molecular flexibility index (Phi) is 4.91. The second kappa shape index (κ2) is 7.32.